The Kier molecular flexibility index (Phi) is 2.51. The van der Waals surface area contributed by atoms with Gasteiger partial charge in [-0.15, -0.1) is 0 Å². The normalized spacial score (nSPS) is 9.79. The Morgan fingerprint density at radius 3 is 2.64 bits per heavy atom. The lowest BCUT2D eigenvalue weighted by Gasteiger charge is -2.04. The van der Waals surface area contributed by atoms with Crippen molar-refractivity contribution in [3.8, 4) is 11.4 Å². The van der Waals surface area contributed by atoms with Crippen LogP contribution in [0.1, 0.15) is 0 Å². The van der Waals surface area contributed by atoms with Crippen molar-refractivity contribution in [3.05, 3.63) is 43.0 Å². The standard InChI is InChI=1S/C9H9BN2O2/c13-10-14-9-3-1-8(2-4-9)12-6-5-11-7-12/h1-7,10,13H. The molecule has 0 bridgehead atoms. The van der Waals surface area contributed by atoms with Crippen molar-refractivity contribution in [2.24, 2.45) is 0 Å². The minimum atomic E-state index is -0.301. The van der Waals surface area contributed by atoms with Crippen molar-refractivity contribution >= 4 is 7.69 Å². The maximum atomic E-state index is 8.54. The van der Waals surface area contributed by atoms with Gasteiger partial charge in [0.1, 0.15) is 5.75 Å². The van der Waals surface area contributed by atoms with Gasteiger partial charge in [0.15, 0.2) is 0 Å². The van der Waals surface area contributed by atoms with Gasteiger partial charge in [0, 0.05) is 18.1 Å². The molecule has 0 spiro atoms. The lowest BCUT2D eigenvalue weighted by Crippen LogP contribution is -1.99. The number of imidazole rings is 1. The van der Waals surface area contributed by atoms with Crippen LogP contribution < -0.4 is 4.65 Å². The van der Waals surface area contributed by atoms with Crippen LogP contribution in [0.15, 0.2) is 43.0 Å². The second-order valence-electron chi connectivity index (χ2n) is 2.74. The van der Waals surface area contributed by atoms with Crippen LogP contribution in [0.2, 0.25) is 0 Å². The van der Waals surface area contributed by atoms with E-state index in [9.17, 15) is 0 Å². The predicted octanol–water partition coefficient (Wildman–Crippen LogP) is 0.510. The van der Waals surface area contributed by atoms with Crippen LogP contribution in [0.3, 0.4) is 0 Å². The summed E-state index contributed by atoms with van der Waals surface area (Å²) < 4.78 is 6.80. The third kappa shape index (κ3) is 1.77. The molecule has 2 rings (SSSR count). The Hall–Kier alpha value is -1.75. The van der Waals surface area contributed by atoms with E-state index in [2.05, 4.69) is 4.98 Å². The van der Waals surface area contributed by atoms with E-state index >= 15 is 0 Å². The van der Waals surface area contributed by atoms with Gasteiger partial charge in [-0.3, -0.25) is 0 Å². The molecule has 0 unspecified atom stereocenters. The second kappa shape index (κ2) is 3.98. The van der Waals surface area contributed by atoms with E-state index in [1.165, 1.54) is 0 Å². The zero-order valence-corrected chi connectivity index (χ0v) is 7.50. The fourth-order valence-electron chi connectivity index (χ4n) is 1.20. The van der Waals surface area contributed by atoms with E-state index in [0.717, 1.165) is 5.69 Å². The van der Waals surface area contributed by atoms with E-state index in [4.69, 9.17) is 9.68 Å². The molecule has 0 fully saturated rings. The number of aromatic nitrogens is 2. The van der Waals surface area contributed by atoms with Gasteiger partial charge in [-0.25, -0.2) is 4.98 Å². The number of rotatable bonds is 3. The van der Waals surface area contributed by atoms with Crippen LogP contribution >= 0.6 is 0 Å². The second-order valence-corrected chi connectivity index (χ2v) is 2.74. The molecule has 5 heteroatoms. The average Bonchev–Trinajstić information content (AvgIpc) is 2.72. The summed E-state index contributed by atoms with van der Waals surface area (Å²) >= 11 is 0. The van der Waals surface area contributed by atoms with Crippen molar-refractivity contribution in [1.82, 2.24) is 9.55 Å². The first-order valence-electron chi connectivity index (χ1n) is 4.22. The predicted molar refractivity (Wildman–Crippen MR) is 53.6 cm³/mol. The van der Waals surface area contributed by atoms with Crippen molar-refractivity contribution in [2.75, 3.05) is 0 Å². The summed E-state index contributed by atoms with van der Waals surface area (Å²) in [5.74, 6) is 0.649. The van der Waals surface area contributed by atoms with Gasteiger partial charge in [0.2, 0.25) is 0 Å². The largest absolute Gasteiger partial charge is 0.539 e. The summed E-state index contributed by atoms with van der Waals surface area (Å²) in [7, 11) is -0.301. The van der Waals surface area contributed by atoms with Gasteiger partial charge in [0.05, 0.1) is 6.33 Å². The summed E-state index contributed by atoms with van der Waals surface area (Å²) in [6.45, 7) is 0. The van der Waals surface area contributed by atoms with Crippen LogP contribution in [0.25, 0.3) is 5.69 Å². The van der Waals surface area contributed by atoms with Gasteiger partial charge in [-0.1, -0.05) is 0 Å². The summed E-state index contributed by atoms with van der Waals surface area (Å²) in [5, 5.41) is 8.54. The molecule has 2 aromatic rings. The summed E-state index contributed by atoms with van der Waals surface area (Å²) in [4.78, 5) is 3.95. The molecule has 14 heavy (non-hydrogen) atoms. The van der Waals surface area contributed by atoms with Crippen LogP contribution in [0.4, 0.5) is 0 Å². The molecular weight excluding hydrogens is 179 g/mol. The molecule has 0 saturated heterocycles. The molecule has 0 radical (unpaired) electrons. The lowest BCUT2D eigenvalue weighted by atomic mass is 10.3. The number of benzene rings is 1. The van der Waals surface area contributed by atoms with E-state index in [1.807, 2.05) is 22.9 Å². The SMILES string of the molecule is OBOc1ccc(-n2ccnc2)cc1. The van der Waals surface area contributed by atoms with E-state index in [1.54, 1.807) is 24.7 Å². The van der Waals surface area contributed by atoms with Crippen LogP contribution in [-0.4, -0.2) is 22.3 Å². The minimum absolute atomic E-state index is 0.301. The first-order chi connectivity index (χ1) is 6.90. The topological polar surface area (TPSA) is 47.3 Å². The smallest absolute Gasteiger partial charge is 0.504 e. The zero-order chi connectivity index (χ0) is 9.80. The highest BCUT2D eigenvalue weighted by atomic mass is 16.5. The molecule has 0 aliphatic rings. The van der Waals surface area contributed by atoms with Gasteiger partial charge in [-0.05, 0) is 24.3 Å². The molecule has 1 aromatic heterocycles. The minimum Gasteiger partial charge on any atom is -0.539 e. The Morgan fingerprint density at radius 2 is 2.07 bits per heavy atom. The molecule has 1 heterocycles. The lowest BCUT2D eigenvalue weighted by molar-refractivity contribution is 0.454. The third-order valence-electron chi connectivity index (χ3n) is 1.87. The highest BCUT2D eigenvalue weighted by molar-refractivity contribution is 6.17. The molecule has 0 amide bonds. The van der Waals surface area contributed by atoms with E-state index in [0.29, 0.717) is 5.75 Å². The zero-order valence-electron chi connectivity index (χ0n) is 7.50. The van der Waals surface area contributed by atoms with Gasteiger partial charge >= 0.3 is 7.69 Å². The maximum absolute atomic E-state index is 8.54. The number of nitrogens with zero attached hydrogens (tertiary/aromatic N) is 2. The van der Waals surface area contributed by atoms with E-state index < -0.39 is 0 Å². The number of hydrogen-bond acceptors (Lipinski definition) is 3. The highest BCUT2D eigenvalue weighted by Crippen LogP contribution is 2.14. The molecule has 1 N–H and O–H groups in total. The number of hydrogen-bond donors (Lipinski definition) is 1. The van der Waals surface area contributed by atoms with Crippen molar-refractivity contribution < 1.29 is 9.68 Å². The Morgan fingerprint density at radius 1 is 1.29 bits per heavy atom. The quantitative estimate of drug-likeness (QED) is 0.713. The van der Waals surface area contributed by atoms with Crippen molar-refractivity contribution in [3.63, 3.8) is 0 Å². The Bertz CT molecular complexity index is 386. The van der Waals surface area contributed by atoms with Crippen LogP contribution in [-0.2, 0) is 0 Å². The Balaban J connectivity index is 2.22. The molecule has 4 nitrogen and oxygen atoms in total. The molecule has 0 aliphatic heterocycles. The monoisotopic (exact) mass is 188 g/mol. The first-order valence-corrected chi connectivity index (χ1v) is 4.22. The fraction of sp³-hybridized carbons (Fsp3) is 0. The molecule has 1 aromatic carbocycles. The van der Waals surface area contributed by atoms with Crippen molar-refractivity contribution in [1.29, 1.82) is 0 Å². The first kappa shape index (κ1) is 8.84. The molecule has 0 saturated carbocycles. The highest BCUT2D eigenvalue weighted by Gasteiger charge is 1.96. The van der Waals surface area contributed by atoms with Crippen LogP contribution in [0.5, 0.6) is 5.75 Å². The fourth-order valence-corrected chi connectivity index (χ4v) is 1.20. The summed E-state index contributed by atoms with van der Waals surface area (Å²) in [6, 6.07) is 7.39. The molecule has 70 valence electrons. The molecule has 0 aliphatic carbocycles. The Labute approximate surface area is 82.1 Å². The van der Waals surface area contributed by atoms with Gasteiger partial charge in [0.25, 0.3) is 0 Å². The maximum Gasteiger partial charge on any atom is 0.504 e. The molecular formula is C9H9BN2O2. The van der Waals surface area contributed by atoms with Crippen molar-refractivity contribution in [2.45, 2.75) is 0 Å². The van der Waals surface area contributed by atoms with Crippen LogP contribution in [0, 0.1) is 0 Å². The third-order valence-corrected chi connectivity index (χ3v) is 1.87. The average molecular weight is 188 g/mol. The summed E-state index contributed by atoms with van der Waals surface area (Å²) in [5.41, 5.74) is 1.01. The van der Waals surface area contributed by atoms with Gasteiger partial charge < -0.3 is 14.2 Å². The van der Waals surface area contributed by atoms with E-state index in [-0.39, 0.29) is 7.69 Å². The van der Waals surface area contributed by atoms with Gasteiger partial charge in [-0.2, -0.15) is 0 Å². The molecule has 0 atom stereocenters. The summed E-state index contributed by atoms with van der Waals surface area (Å²) in [6.07, 6.45) is 5.31.